The van der Waals surface area contributed by atoms with Crippen LogP contribution in [0.3, 0.4) is 0 Å². The fourth-order valence-corrected chi connectivity index (χ4v) is 4.41. The number of nitrogens with zero attached hydrogens (tertiary/aromatic N) is 2. The normalized spacial score (nSPS) is 14.9. The van der Waals surface area contributed by atoms with Gasteiger partial charge in [0.2, 0.25) is 0 Å². The molecule has 0 radical (unpaired) electrons. The first kappa shape index (κ1) is 23.5. The number of aliphatic carboxylic acids is 1. The van der Waals surface area contributed by atoms with E-state index in [1.165, 1.54) is 18.1 Å². The molecule has 0 atom stereocenters. The molecular weight excluding hydrogens is 456 g/mol. The Morgan fingerprint density at radius 1 is 1.31 bits per heavy atom. The zero-order chi connectivity index (χ0) is 23.3. The highest BCUT2D eigenvalue weighted by Crippen LogP contribution is 2.36. The summed E-state index contributed by atoms with van der Waals surface area (Å²) in [5, 5.41) is 20.1. The second-order valence-corrected chi connectivity index (χ2v) is 8.56. The van der Waals surface area contributed by atoms with Crippen LogP contribution in [0.4, 0.5) is 5.69 Å². The fraction of sp³-hybridized carbons (Fsp3) is 0.286. The summed E-state index contributed by atoms with van der Waals surface area (Å²) >= 11 is 6.45. The van der Waals surface area contributed by atoms with Crippen LogP contribution in [0.25, 0.3) is 17.4 Å². The van der Waals surface area contributed by atoms with Gasteiger partial charge in [-0.15, -0.1) is 0 Å². The van der Waals surface area contributed by atoms with Crippen LogP contribution in [-0.4, -0.2) is 44.8 Å². The summed E-state index contributed by atoms with van der Waals surface area (Å²) in [6.07, 6.45) is 3.55. The van der Waals surface area contributed by atoms with E-state index in [0.717, 1.165) is 11.8 Å². The minimum absolute atomic E-state index is 0.103. The zero-order valence-corrected chi connectivity index (χ0v) is 18.7. The number of unbranched alkanes of at least 4 members (excludes halogenated alkanes) is 2. The molecule has 1 fully saturated rings. The first-order valence-corrected chi connectivity index (χ1v) is 10.9. The molecule has 1 aromatic heterocycles. The van der Waals surface area contributed by atoms with Gasteiger partial charge in [-0.2, -0.15) is 0 Å². The number of carbonyl (C=O) groups is 2. The highest BCUT2D eigenvalue weighted by Gasteiger charge is 2.32. The van der Waals surface area contributed by atoms with E-state index in [0.29, 0.717) is 57.9 Å². The molecule has 1 saturated heterocycles. The number of rotatable bonds is 10. The first-order chi connectivity index (χ1) is 15.3. The number of carboxylic acids is 1. The molecule has 0 bridgehead atoms. The van der Waals surface area contributed by atoms with Crippen molar-refractivity contribution < 1.29 is 28.8 Å². The molecule has 1 aliphatic rings. The predicted octanol–water partition coefficient (Wildman–Crippen LogP) is 4.71. The van der Waals surface area contributed by atoms with E-state index < -0.39 is 10.9 Å². The van der Waals surface area contributed by atoms with Gasteiger partial charge in [0.15, 0.2) is 0 Å². The second-order valence-electron chi connectivity index (χ2n) is 6.88. The van der Waals surface area contributed by atoms with Crippen LogP contribution in [0.5, 0.6) is 5.75 Å². The molecule has 3 rings (SSSR count). The van der Waals surface area contributed by atoms with Gasteiger partial charge < -0.3 is 14.3 Å². The van der Waals surface area contributed by atoms with Crippen LogP contribution < -0.4 is 4.74 Å². The maximum absolute atomic E-state index is 12.7. The summed E-state index contributed by atoms with van der Waals surface area (Å²) in [7, 11) is 1.43. The Kier molecular flexibility index (Phi) is 7.65. The standard InChI is InChI=1S/C21H20N2O7S2/c1-29-13-6-8-15(16(11-13)23(27)28)17-9-7-14(30-17)12-18-20(26)22(21(31)32-18)10-4-2-3-5-19(24)25/h6-9,11-12H,2-5,10H2,1H3,(H,24,25). The molecule has 0 aliphatic carbocycles. The van der Waals surface area contributed by atoms with E-state index in [1.54, 1.807) is 30.3 Å². The van der Waals surface area contributed by atoms with Gasteiger partial charge in [0.25, 0.3) is 11.6 Å². The molecular formula is C21H20N2O7S2. The maximum Gasteiger partial charge on any atom is 0.303 e. The molecule has 1 aliphatic heterocycles. The average Bonchev–Trinajstić information content (AvgIpc) is 3.32. The van der Waals surface area contributed by atoms with Crippen molar-refractivity contribution in [3.05, 3.63) is 51.1 Å². The van der Waals surface area contributed by atoms with Crippen molar-refractivity contribution in [2.75, 3.05) is 13.7 Å². The third-order valence-corrected chi connectivity index (χ3v) is 6.09. The molecule has 0 unspecified atom stereocenters. The molecule has 1 N–H and O–H groups in total. The molecule has 1 amide bonds. The van der Waals surface area contributed by atoms with Gasteiger partial charge in [-0.05, 0) is 37.1 Å². The summed E-state index contributed by atoms with van der Waals surface area (Å²) < 4.78 is 11.2. The Hall–Kier alpha value is -3.18. The maximum atomic E-state index is 12.7. The van der Waals surface area contributed by atoms with Crippen LogP contribution in [0.2, 0.25) is 0 Å². The Balaban J connectivity index is 1.71. The number of thiocarbonyl (C=S) groups is 1. The topological polar surface area (TPSA) is 123 Å². The number of nitro groups is 1. The predicted molar refractivity (Wildman–Crippen MR) is 123 cm³/mol. The van der Waals surface area contributed by atoms with Gasteiger partial charge in [0.05, 0.1) is 28.6 Å². The van der Waals surface area contributed by atoms with E-state index in [1.807, 2.05) is 0 Å². The number of hydrogen-bond donors (Lipinski definition) is 1. The third kappa shape index (κ3) is 5.54. The number of benzene rings is 1. The van der Waals surface area contributed by atoms with Crippen LogP contribution in [0.1, 0.15) is 31.4 Å². The lowest BCUT2D eigenvalue weighted by molar-refractivity contribution is -0.384. The minimum atomic E-state index is -0.837. The van der Waals surface area contributed by atoms with E-state index in [4.69, 9.17) is 26.5 Å². The van der Waals surface area contributed by atoms with Gasteiger partial charge in [-0.25, -0.2) is 0 Å². The smallest absolute Gasteiger partial charge is 0.303 e. The van der Waals surface area contributed by atoms with Crippen molar-refractivity contribution in [3.8, 4) is 17.1 Å². The molecule has 9 nitrogen and oxygen atoms in total. The molecule has 2 heterocycles. The molecule has 1 aromatic carbocycles. The number of ether oxygens (including phenoxy) is 1. The van der Waals surface area contributed by atoms with Gasteiger partial charge >= 0.3 is 5.97 Å². The van der Waals surface area contributed by atoms with Crippen LogP contribution >= 0.6 is 24.0 Å². The van der Waals surface area contributed by atoms with Crippen molar-refractivity contribution in [2.45, 2.75) is 25.7 Å². The number of amides is 1. The fourth-order valence-electron chi connectivity index (χ4n) is 3.12. The lowest BCUT2D eigenvalue weighted by Crippen LogP contribution is -2.29. The second kappa shape index (κ2) is 10.4. The van der Waals surface area contributed by atoms with Gasteiger partial charge in [0, 0.05) is 19.0 Å². The number of furan rings is 1. The van der Waals surface area contributed by atoms with E-state index in [-0.39, 0.29) is 18.0 Å². The van der Waals surface area contributed by atoms with Crippen molar-refractivity contribution in [1.82, 2.24) is 4.90 Å². The largest absolute Gasteiger partial charge is 0.497 e. The molecule has 0 spiro atoms. The van der Waals surface area contributed by atoms with Gasteiger partial charge in [0.1, 0.15) is 21.6 Å². The van der Waals surface area contributed by atoms with Crippen molar-refractivity contribution in [3.63, 3.8) is 0 Å². The highest BCUT2D eigenvalue weighted by molar-refractivity contribution is 8.26. The van der Waals surface area contributed by atoms with Crippen LogP contribution in [0.15, 0.2) is 39.7 Å². The van der Waals surface area contributed by atoms with Crippen molar-refractivity contribution in [2.24, 2.45) is 0 Å². The van der Waals surface area contributed by atoms with E-state index in [9.17, 15) is 19.7 Å². The molecule has 11 heteroatoms. The lowest BCUT2D eigenvalue weighted by atomic mass is 10.1. The van der Waals surface area contributed by atoms with Gasteiger partial charge in [-0.3, -0.25) is 24.6 Å². The molecule has 32 heavy (non-hydrogen) atoms. The monoisotopic (exact) mass is 476 g/mol. The number of hydrogen-bond acceptors (Lipinski definition) is 8. The summed E-state index contributed by atoms with van der Waals surface area (Å²) in [5.41, 5.74) is 0.142. The Bertz CT molecular complexity index is 1090. The molecule has 2 aromatic rings. The zero-order valence-electron chi connectivity index (χ0n) is 17.1. The number of nitro benzene ring substituents is 1. The average molecular weight is 477 g/mol. The summed E-state index contributed by atoms with van der Waals surface area (Å²) in [5.74, 6) is -0.0617. The van der Waals surface area contributed by atoms with Gasteiger partial charge in [-0.1, -0.05) is 30.4 Å². The SMILES string of the molecule is COc1ccc(-c2ccc(C=C3SC(=S)N(CCCCCC(=O)O)C3=O)o2)c([N+](=O)[O-])c1. The lowest BCUT2D eigenvalue weighted by Gasteiger charge is -2.13. The van der Waals surface area contributed by atoms with Crippen molar-refractivity contribution >= 4 is 51.9 Å². The number of thioether (sulfide) groups is 1. The third-order valence-electron chi connectivity index (χ3n) is 4.71. The number of carboxylic acid groups (broad SMARTS) is 1. The summed E-state index contributed by atoms with van der Waals surface area (Å²) in [6.45, 7) is 0.420. The number of carbonyl (C=O) groups excluding carboxylic acids is 1. The minimum Gasteiger partial charge on any atom is -0.497 e. The Labute approximate surface area is 193 Å². The van der Waals surface area contributed by atoms with Crippen LogP contribution in [-0.2, 0) is 9.59 Å². The van der Waals surface area contributed by atoms with E-state index in [2.05, 4.69) is 0 Å². The van der Waals surface area contributed by atoms with E-state index >= 15 is 0 Å². The quantitative estimate of drug-likeness (QED) is 0.171. The van der Waals surface area contributed by atoms with Crippen LogP contribution in [0, 0.1) is 10.1 Å². The summed E-state index contributed by atoms with van der Waals surface area (Å²) in [4.78, 5) is 36.1. The van der Waals surface area contributed by atoms with Crippen molar-refractivity contribution in [1.29, 1.82) is 0 Å². The summed E-state index contributed by atoms with van der Waals surface area (Å²) in [6, 6.07) is 7.69. The molecule has 168 valence electrons. The Morgan fingerprint density at radius 3 is 2.78 bits per heavy atom. The first-order valence-electron chi connectivity index (χ1n) is 9.70. The highest BCUT2D eigenvalue weighted by atomic mass is 32.2. The Morgan fingerprint density at radius 2 is 2.09 bits per heavy atom. The number of methoxy groups -OCH3 is 1. The molecule has 0 saturated carbocycles.